The molecule has 22 heavy (non-hydrogen) atoms. The number of aryl methyl sites for hydroxylation is 1. The van der Waals surface area contributed by atoms with Crippen molar-refractivity contribution in [2.75, 3.05) is 13.6 Å². The molecule has 0 bridgehead atoms. The maximum Gasteiger partial charge on any atom is 0.276 e. The number of hydrogen-bond donors (Lipinski definition) is 2. The van der Waals surface area contributed by atoms with Crippen LogP contribution in [0.4, 0.5) is 0 Å². The summed E-state index contributed by atoms with van der Waals surface area (Å²) in [4.78, 5) is 24.1. The summed E-state index contributed by atoms with van der Waals surface area (Å²) in [7, 11) is 1.29. The predicted octanol–water partition coefficient (Wildman–Crippen LogP) is 1.51. The van der Waals surface area contributed by atoms with E-state index in [9.17, 15) is 14.8 Å². The van der Waals surface area contributed by atoms with Gasteiger partial charge in [-0.05, 0) is 49.4 Å². The third kappa shape index (κ3) is 2.54. The minimum absolute atomic E-state index is 0.0362. The number of fused-ring (bicyclic) bond motifs is 1. The van der Waals surface area contributed by atoms with Gasteiger partial charge in [0, 0.05) is 25.6 Å². The second-order valence-corrected chi connectivity index (χ2v) is 5.96. The van der Waals surface area contributed by atoms with Gasteiger partial charge in [0.2, 0.25) is 0 Å². The van der Waals surface area contributed by atoms with Crippen LogP contribution in [0.3, 0.4) is 0 Å². The van der Waals surface area contributed by atoms with E-state index in [0.29, 0.717) is 35.8 Å². The Morgan fingerprint density at radius 1 is 1.36 bits per heavy atom. The minimum atomic E-state index is -0.775. The summed E-state index contributed by atoms with van der Waals surface area (Å²) in [5, 5.41) is 12.7. The van der Waals surface area contributed by atoms with E-state index in [4.69, 9.17) is 4.74 Å². The second kappa shape index (κ2) is 5.61. The molecule has 6 heteroatoms. The lowest BCUT2D eigenvalue weighted by Gasteiger charge is -2.36. The number of carbonyl (C=O) groups excluding carboxylic acids is 2. The normalized spacial score (nSPS) is 24.0. The molecule has 2 N–H and O–H groups in total. The van der Waals surface area contributed by atoms with Crippen molar-refractivity contribution in [2.24, 2.45) is 0 Å². The van der Waals surface area contributed by atoms with Crippen LogP contribution in [-0.2, 0) is 11.2 Å². The number of hydroxylamine groups is 2. The molecule has 1 unspecified atom stereocenters. The highest BCUT2D eigenvalue weighted by molar-refractivity contribution is 5.93. The zero-order chi connectivity index (χ0) is 15.7. The highest BCUT2D eigenvalue weighted by atomic mass is 16.5. The zero-order valence-electron chi connectivity index (χ0n) is 12.6. The number of rotatable bonds is 1. The van der Waals surface area contributed by atoms with Gasteiger partial charge in [0.15, 0.2) is 5.60 Å². The molecule has 2 amide bonds. The van der Waals surface area contributed by atoms with E-state index < -0.39 is 11.5 Å². The molecule has 0 aromatic heterocycles. The SMILES string of the molecule is CN(O)C(=O)c1ccc2c(c1)CCC1(CCCCNC1=O)O2. The Hall–Kier alpha value is -2.08. The molecule has 1 fully saturated rings. The zero-order valence-corrected chi connectivity index (χ0v) is 12.6. The van der Waals surface area contributed by atoms with Crippen LogP contribution in [0.2, 0.25) is 0 Å². The van der Waals surface area contributed by atoms with E-state index in [2.05, 4.69) is 5.32 Å². The lowest BCUT2D eigenvalue weighted by atomic mass is 9.86. The number of hydrogen-bond acceptors (Lipinski definition) is 4. The summed E-state index contributed by atoms with van der Waals surface area (Å²) in [6.45, 7) is 0.701. The van der Waals surface area contributed by atoms with Crippen LogP contribution >= 0.6 is 0 Å². The summed E-state index contributed by atoms with van der Waals surface area (Å²) in [6.07, 6.45) is 3.94. The van der Waals surface area contributed by atoms with Crippen LogP contribution in [0, 0.1) is 0 Å². The van der Waals surface area contributed by atoms with E-state index in [1.807, 2.05) is 0 Å². The minimum Gasteiger partial charge on any atom is -0.477 e. The van der Waals surface area contributed by atoms with E-state index >= 15 is 0 Å². The van der Waals surface area contributed by atoms with Crippen molar-refractivity contribution in [1.29, 1.82) is 0 Å². The lowest BCUT2D eigenvalue weighted by molar-refractivity contribution is -0.138. The number of carbonyl (C=O) groups is 2. The van der Waals surface area contributed by atoms with E-state index in [1.54, 1.807) is 18.2 Å². The molecule has 0 saturated carbocycles. The average Bonchev–Trinajstić information content (AvgIpc) is 2.69. The number of ether oxygens (including phenoxy) is 1. The largest absolute Gasteiger partial charge is 0.477 e. The number of nitrogens with zero attached hydrogens (tertiary/aromatic N) is 1. The Kier molecular flexibility index (Phi) is 3.78. The number of amides is 2. The second-order valence-electron chi connectivity index (χ2n) is 5.96. The smallest absolute Gasteiger partial charge is 0.276 e. The van der Waals surface area contributed by atoms with Crippen molar-refractivity contribution in [3.8, 4) is 5.75 Å². The first-order chi connectivity index (χ1) is 10.5. The highest BCUT2D eigenvalue weighted by Gasteiger charge is 2.44. The summed E-state index contributed by atoms with van der Waals surface area (Å²) in [6, 6.07) is 5.05. The van der Waals surface area contributed by atoms with Gasteiger partial charge in [0.1, 0.15) is 5.75 Å². The molecule has 1 aromatic rings. The van der Waals surface area contributed by atoms with Gasteiger partial charge < -0.3 is 10.1 Å². The maximum absolute atomic E-state index is 12.3. The molecule has 0 aliphatic carbocycles. The van der Waals surface area contributed by atoms with Crippen molar-refractivity contribution in [3.63, 3.8) is 0 Å². The van der Waals surface area contributed by atoms with E-state index in [0.717, 1.165) is 24.8 Å². The van der Waals surface area contributed by atoms with E-state index in [-0.39, 0.29) is 5.91 Å². The molecule has 3 rings (SSSR count). The van der Waals surface area contributed by atoms with Gasteiger partial charge in [-0.2, -0.15) is 0 Å². The van der Waals surface area contributed by atoms with Crippen molar-refractivity contribution in [3.05, 3.63) is 29.3 Å². The van der Waals surface area contributed by atoms with Crippen LogP contribution in [0.25, 0.3) is 0 Å². The molecule has 2 aliphatic heterocycles. The standard InChI is InChI=1S/C16H20N2O4/c1-18(21)14(19)12-4-5-13-11(10-12)6-8-16(22-13)7-2-3-9-17-15(16)20/h4-5,10,21H,2-3,6-9H2,1H3,(H,17,20). The quantitative estimate of drug-likeness (QED) is 0.609. The summed E-state index contributed by atoms with van der Waals surface area (Å²) < 4.78 is 6.05. The Labute approximate surface area is 129 Å². The fourth-order valence-corrected chi connectivity index (χ4v) is 3.14. The van der Waals surface area contributed by atoms with Gasteiger partial charge in [-0.1, -0.05) is 0 Å². The molecular weight excluding hydrogens is 284 g/mol. The molecular formula is C16H20N2O4. The maximum atomic E-state index is 12.3. The van der Waals surface area contributed by atoms with Gasteiger partial charge in [0.25, 0.3) is 11.8 Å². The molecule has 2 heterocycles. The molecule has 118 valence electrons. The van der Waals surface area contributed by atoms with Crippen molar-refractivity contribution >= 4 is 11.8 Å². The summed E-state index contributed by atoms with van der Waals surface area (Å²) in [5.41, 5.74) is 0.534. The molecule has 2 aliphatic rings. The summed E-state index contributed by atoms with van der Waals surface area (Å²) >= 11 is 0. The van der Waals surface area contributed by atoms with Crippen LogP contribution < -0.4 is 10.1 Å². The van der Waals surface area contributed by atoms with Crippen LogP contribution in [0.15, 0.2) is 18.2 Å². The van der Waals surface area contributed by atoms with Crippen molar-refractivity contribution in [2.45, 2.75) is 37.7 Å². The van der Waals surface area contributed by atoms with Crippen LogP contribution in [-0.4, -0.2) is 41.3 Å². The summed E-state index contributed by atoms with van der Waals surface area (Å²) in [5.74, 6) is 0.154. The Morgan fingerprint density at radius 3 is 2.95 bits per heavy atom. The van der Waals surface area contributed by atoms with Crippen molar-refractivity contribution in [1.82, 2.24) is 10.4 Å². The van der Waals surface area contributed by atoms with Gasteiger partial charge >= 0.3 is 0 Å². The van der Waals surface area contributed by atoms with E-state index in [1.165, 1.54) is 7.05 Å². The highest BCUT2D eigenvalue weighted by Crippen LogP contribution is 2.37. The monoisotopic (exact) mass is 304 g/mol. The molecule has 1 saturated heterocycles. The average molecular weight is 304 g/mol. The fourth-order valence-electron chi connectivity index (χ4n) is 3.14. The van der Waals surface area contributed by atoms with Crippen LogP contribution in [0.5, 0.6) is 5.75 Å². The predicted molar refractivity (Wildman–Crippen MR) is 78.9 cm³/mol. The van der Waals surface area contributed by atoms with Crippen molar-refractivity contribution < 1.29 is 19.5 Å². The Bertz CT molecular complexity index is 614. The first kappa shape index (κ1) is 14.8. The number of nitrogens with one attached hydrogen (secondary N) is 1. The first-order valence-electron chi connectivity index (χ1n) is 7.59. The molecule has 6 nitrogen and oxygen atoms in total. The van der Waals surface area contributed by atoms with Gasteiger partial charge in [-0.15, -0.1) is 0 Å². The van der Waals surface area contributed by atoms with Gasteiger partial charge in [-0.3, -0.25) is 14.8 Å². The third-order valence-corrected chi connectivity index (χ3v) is 4.41. The van der Waals surface area contributed by atoms with Gasteiger partial charge in [-0.25, -0.2) is 5.06 Å². The third-order valence-electron chi connectivity index (χ3n) is 4.41. The molecule has 1 aromatic carbocycles. The van der Waals surface area contributed by atoms with Gasteiger partial charge in [0.05, 0.1) is 0 Å². The fraction of sp³-hybridized carbons (Fsp3) is 0.500. The first-order valence-corrected chi connectivity index (χ1v) is 7.59. The number of benzene rings is 1. The molecule has 1 atom stereocenters. The molecule has 0 radical (unpaired) electrons. The molecule has 1 spiro atoms. The Balaban J connectivity index is 1.87. The lowest BCUT2D eigenvalue weighted by Crippen LogP contribution is -2.51. The topological polar surface area (TPSA) is 78.9 Å². The van der Waals surface area contributed by atoms with Crippen LogP contribution in [0.1, 0.15) is 41.6 Å². The Morgan fingerprint density at radius 2 is 2.18 bits per heavy atom.